The van der Waals surface area contributed by atoms with Crippen molar-refractivity contribution >= 4 is 23.3 Å². The Balaban J connectivity index is 2.06. The van der Waals surface area contributed by atoms with Gasteiger partial charge in [0, 0.05) is 17.4 Å². The van der Waals surface area contributed by atoms with Gasteiger partial charge in [-0.3, -0.25) is 15.0 Å². The summed E-state index contributed by atoms with van der Waals surface area (Å²) in [6.07, 6.45) is 1.40. The summed E-state index contributed by atoms with van der Waals surface area (Å²) in [6.45, 7) is 0. The number of rotatable bonds is 4. The van der Waals surface area contributed by atoms with Crippen molar-refractivity contribution in [2.24, 2.45) is 11.7 Å². The van der Waals surface area contributed by atoms with Crippen molar-refractivity contribution < 1.29 is 9.59 Å². The van der Waals surface area contributed by atoms with Gasteiger partial charge < -0.3 is 10.7 Å². The highest BCUT2D eigenvalue weighted by molar-refractivity contribution is 6.04. The molecule has 2 amide bonds. The lowest BCUT2D eigenvalue weighted by Gasteiger charge is -2.06. The number of nitrogens with zero attached hydrogens (tertiary/aromatic N) is 1. The number of pyridine rings is 1. The van der Waals surface area contributed by atoms with Gasteiger partial charge in [0.1, 0.15) is 5.82 Å². The maximum Gasteiger partial charge on any atom is 0.265 e. The Morgan fingerprint density at radius 2 is 1.57 bits per heavy atom. The fourth-order valence-corrected chi connectivity index (χ4v) is 1.61. The van der Waals surface area contributed by atoms with E-state index in [1.165, 1.54) is 6.20 Å². The molecule has 0 saturated heterocycles. The minimum atomic E-state index is -0.401. The van der Waals surface area contributed by atoms with E-state index in [9.17, 15) is 9.59 Å². The molecule has 108 valence electrons. The van der Waals surface area contributed by atoms with Crippen molar-refractivity contribution in [2.75, 3.05) is 10.7 Å². The van der Waals surface area contributed by atoms with Crippen molar-refractivity contribution in [2.45, 2.75) is 0 Å². The van der Waals surface area contributed by atoms with Gasteiger partial charge >= 0.3 is 0 Å². The smallest absolute Gasteiger partial charge is 0.265 e. The highest BCUT2D eigenvalue weighted by Gasteiger charge is 2.08. The van der Waals surface area contributed by atoms with E-state index in [4.69, 9.17) is 11.7 Å². The molecule has 2 aromatic rings. The molecule has 0 spiro atoms. The molecule has 0 aliphatic rings. The molecule has 0 fully saturated rings. The van der Waals surface area contributed by atoms with Gasteiger partial charge in [-0.15, -0.1) is 0 Å². The fraction of sp³-hybridized carbons (Fsp3) is 0. The third kappa shape index (κ3) is 3.53. The molecular formula is C13H14N6O2. The van der Waals surface area contributed by atoms with Gasteiger partial charge in [-0.05, 0) is 36.4 Å². The third-order valence-electron chi connectivity index (χ3n) is 2.71. The van der Waals surface area contributed by atoms with E-state index in [-0.39, 0.29) is 5.91 Å². The zero-order chi connectivity index (χ0) is 15.2. The van der Waals surface area contributed by atoms with Crippen LogP contribution in [0.2, 0.25) is 0 Å². The predicted molar refractivity (Wildman–Crippen MR) is 78.1 cm³/mol. The first-order valence-electron chi connectivity index (χ1n) is 5.99. The molecule has 21 heavy (non-hydrogen) atoms. The number of anilines is 2. The average Bonchev–Trinajstić information content (AvgIpc) is 2.55. The van der Waals surface area contributed by atoms with Crippen LogP contribution in [0.25, 0.3) is 0 Å². The summed E-state index contributed by atoms with van der Waals surface area (Å²) >= 11 is 0. The van der Waals surface area contributed by atoms with E-state index in [2.05, 4.69) is 15.7 Å². The van der Waals surface area contributed by atoms with Crippen molar-refractivity contribution in [3.05, 3.63) is 53.7 Å². The maximum atomic E-state index is 12.0. The first-order chi connectivity index (χ1) is 10.1. The van der Waals surface area contributed by atoms with Gasteiger partial charge in [0.15, 0.2) is 0 Å². The van der Waals surface area contributed by atoms with Crippen LogP contribution in [-0.2, 0) is 0 Å². The van der Waals surface area contributed by atoms with E-state index in [0.29, 0.717) is 22.6 Å². The van der Waals surface area contributed by atoms with E-state index < -0.39 is 5.91 Å². The van der Waals surface area contributed by atoms with Crippen LogP contribution in [0.5, 0.6) is 0 Å². The molecule has 0 unspecified atom stereocenters. The number of nitrogen functional groups attached to an aromatic ring is 2. The van der Waals surface area contributed by atoms with Crippen molar-refractivity contribution in [1.29, 1.82) is 0 Å². The van der Waals surface area contributed by atoms with Crippen LogP contribution in [0, 0.1) is 0 Å². The van der Waals surface area contributed by atoms with Crippen molar-refractivity contribution in [3.8, 4) is 0 Å². The summed E-state index contributed by atoms with van der Waals surface area (Å²) in [5, 5.41) is 2.69. The average molecular weight is 286 g/mol. The molecule has 0 atom stereocenters. The van der Waals surface area contributed by atoms with Crippen molar-refractivity contribution in [1.82, 2.24) is 10.4 Å². The number of nitrogens with two attached hydrogens (primary N) is 2. The summed E-state index contributed by atoms with van der Waals surface area (Å²) in [4.78, 5) is 27.2. The minimum absolute atomic E-state index is 0.318. The third-order valence-corrected chi connectivity index (χ3v) is 2.71. The zero-order valence-corrected chi connectivity index (χ0v) is 11.0. The number of aromatic nitrogens is 1. The Morgan fingerprint density at radius 1 is 0.905 bits per heavy atom. The topological polar surface area (TPSA) is 135 Å². The molecule has 0 aliphatic carbocycles. The summed E-state index contributed by atoms with van der Waals surface area (Å²) < 4.78 is 0. The molecule has 1 heterocycles. The maximum absolute atomic E-state index is 12.0. The van der Waals surface area contributed by atoms with Gasteiger partial charge in [-0.25, -0.2) is 16.7 Å². The number of nitrogens with one attached hydrogen (secondary N) is 3. The van der Waals surface area contributed by atoms with Crippen molar-refractivity contribution in [3.63, 3.8) is 0 Å². The number of benzene rings is 1. The molecule has 0 radical (unpaired) electrons. The van der Waals surface area contributed by atoms with Crippen LogP contribution in [0.4, 0.5) is 11.5 Å². The van der Waals surface area contributed by atoms with Gasteiger partial charge in [-0.2, -0.15) is 0 Å². The van der Waals surface area contributed by atoms with Crippen LogP contribution in [0.1, 0.15) is 20.7 Å². The summed E-state index contributed by atoms with van der Waals surface area (Å²) in [7, 11) is 0. The zero-order valence-electron chi connectivity index (χ0n) is 11.0. The van der Waals surface area contributed by atoms with Gasteiger partial charge in [0.2, 0.25) is 0 Å². The molecule has 1 aromatic carbocycles. The van der Waals surface area contributed by atoms with Crippen LogP contribution in [0.3, 0.4) is 0 Å². The molecule has 1 aromatic heterocycles. The molecule has 0 bridgehead atoms. The van der Waals surface area contributed by atoms with Gasteiger partial charge in [-0.1, -0.05) is 0 Å². The number of carbonyl (C=O) groups is 2. The number of hydrogen-bond donors (Lipinski definition) is 5. The van der Waals surface area contributed by atoms with E-state index in [1.54, 1.807) is 36.4 Å². The Morgan fingerprint density at radius 3 is 2.10 bits per heavy atom. The Bertz CT molecular complexity index is 639. The van der Waals surface area contributed by atoms with Crippen LogP contribution in [0.15, 0.2) is 42.6 Å². The molecule has 8 heteroatoms. The summed E-state index contributed by atoms with van der Waals surface area (Å²) in [5.41, 5.74) is 5.74. The first-order valence-corrected chi connectivity index (χ1v) is 5.99. The normalized spacial score (nSPS) is 9.81. The monoisotopic (exact) mass is 286 g/mol. The second-order valence-corrected chi connectivity index (χ2v) is 4.08. The first kappa shape index (κ1) is 14.4. The molecule has 0 saturated carbocycles. The summed E-state index contributed by atoms with van der Waals surface area (Å²) in [5.74, 6) is 9.97. The minimum Gasteiger partial charge on any atom is -0.322 e. The highest BCUT2D eigenvalue weighted by atomic mass is 16.2. The second-order valence-electron chi connectivity index (χ2n) is 4.08. The van der Waals surface area contributed by atoms with E-state index in [1.807, 2.05) is 5.43 Å². The molecular weight excluding hydrogens is 272 g/mol. The Labute approximate surface area is 120 Å². The predicted octanol–water partition coefficient (Wildman–Crippen LogP) is 0.223. The second kappa shape index (κ2) is 6.46. The lowest BCUT2D eigenvalue weighted by Crippen LogP contribution is -2.29. The number of hydrazine groups is 2. The SMILES string of the molecule is NNC(=O)c1ccc(NC(=O)c2ccc(NN)nc2)cc1. The Hall–Kier alpha value is -2.97. The van der Waals surface area contributed by atoms with Crippen LogP contribution in [-0.4, -0.2) is 16.8 Å². The van der Waals surface area contributed by atoms with Crippen LogP contribution >= 0.6 is 0 Å². The molecule has 7 N–H and O–H groups in total. The lowest BCUT2D eigenvalue weighted by atomic mass is 10.2. The van der Waals surface area contributed by atoms with Gasteiger partial charge in [0.25, 0.3) is 11.8 Å². The van der Waals surface area contributed by atoms with E-state index >= 15 is 0 Å². The number of hydrogen-bond acceptors (Lipinski definition) is 6. The van der Waals surface area contributed by atoms with E-state index in [0.717, 1.165) is 0 Å². The molecule has 0 aliphatic heterocycles. The Kier molecular flexibility index (Phi) is 4.44. The molecule has 2 rings (SSSR count). The largest absolute Gasteiger partial charge is 0.322 e. The quantitative estimate of drug-likeness (QED) is 0.310. The number of amides is 2. The lowest BCUT2D eigenvalue weighted by molar-refractivity contribution is 0.0953. The van der Waals surface area contributed by atoms with Crippen LogP contribution < -0.4 is 27.9 Å². The number of carbonyl (C=O) groups excluding carboxylic acids is 2. The standard InChI is InChI=1S/C13H14N6O2/c14-18-11-6-3-9(7-16-11)12(20)17-10-4-1-8(2-5-10)13(21)19-15/h1-7H,14-15H2,(H,16,18)(H,17,20)(H,19,21). The molecule has 8 nitrogen and oxygen atoms in total. The highest BCUT2D eigenvalue weighted by Crippen LogP contribution is 2.12. The van der Waals surface area contributed by atoms with Gasteiger partial charge in [0.05, 0.1) is 5.56 Å². The summed E-state index contributed by atoms with van der Waals surface area (Å²) in [6, 6.07) is 9.49. The fourth-order valence-electron chi connectivity index (χ4n) is 1.61.